The van der Waals surface area contributed by atoms with Crippen molar-refractivity contribution >= 4 is 50.9 Å². The van der Waals surface area contributed by atoms with Gasteiger partial charge in [-0.1, -0.05) is 6.08 Å². The molecule has 0 spiro atoms. The smallest absolute Gasteiger partial charge is 0.245 e. The highest BCUT2D eigenvalue weighted by Gasteiger charge is 2.29. The lowest BCUT2D eigenvalue weighted by Gasteiger charge is -2.30. The van der Waals surface area contributed by atoms with Crippen molar-refractivity contribution in [2.45, 2.75) is 18.7 Å². The summed E-state index contributed by atoms with van der Waals surface area (Å²) in [5, 5.41) is -0.461. The summed E-state index contributed by atoms with van der Waals surface area (Å²) in [6, 6.07) is 5.82. The van der Waals surface area contributed by atoms with Crippen molar-refractivity contribution < 1.29 is 9.53 Å². The van der Waals surface area contributed by atoms with Crippen molar-refractivity contribution in [2.75, 3.05) is 18.7 Å². The van der Waals surface area contributed by atoms with E-state index in [9.17, 15) is 4.79 Å². The molecule has 1 aliphatic heterocycles. The van der Waals surface area contributed by atoms with Crippen molar-refractivity contribution in [1.82, 2.24) is 4.90 Å². The van der Waals surface area contributed by atoms with Gasteiger partial charge in [-0.05, 0) is 53.7 Å². The van der Waals surface area contributed by atoms with E-state index < -0.39 is 5.38 Å². The minimum absolute atomic E-state index is 0.0359. The molecule has 3 nitrogen and oxygen atoms in total. The van der Waals surface area contributed by atoms with Gasteiger partial charge in [0, 0.05) is 22.3 Å². The molecule has 1 atom stereocenters. The Morgan fingerprint density at radius 1 is 1.52 bits per heavy atom. The standard InChI is InChI=1S/C15H17BrClNO2S/c1-3-18-14(7-6-13(17)15(18)19)11-5-4-10(8-12(11)16)20-9-21-2/h4-5,7-8,13H,3,6,9H2,1-2H3. The number of allylic oxidation sites excluding steroid dienone is 1. The van der Waals surface area contributed by atoms with Crippen molar-refractivity contribution in [3.05, 3.63) is 34.3 Å². The Bertz CT molecular complexity index is 565. The Morgan fingerprint density at radius 2 is 2.29 bits per heavy atom. The maximum atomic E-state index is 12.2. The summed E-state index contributed by atoms with van der Waals surface area (Å²) >= 11 is 11.2. The summed E-state index contributed by atoms with van der Waals surface area (Å²) in [6.45, 7) is 2.55. The molecule has 0 N–H and O–H groups in total. The average molecular weight is 391 g/mol. The number of carbonyl (C=O) groups is 1. The van der Waals surface area contributed by atoms with E-state index in [-0.39, 0.29) is 5.91 Å². The molecule has 1 aliphatic rings. The molecule has 0 saturated carbocycles. The number of alkyl halides is 1. The third-order valence-electron chi connectivity index (χ3n) is 3.22. The third-order valence-corrected chi connectivity index (χ3v) is 4.59. The van der Waals surface area contributed by atoms with Gasteiger partial charge in [-0.25, -0.2) is 0 Å². The fourth-order valence-electron chi connectivity index (χ4n) is 2.22. The van der Waals surface area contributed by atoms with Gasteiger partial charge in [-0.2, -0.15) is 0 Å². The van der Waals surface area contributed by atoms with Crippen LogP contribution in [0.25, 0.3) is 5.70 Å². The topological polar surface area (TPSA) is 29.5 Å². The van der Waals surface area contributed by atoms with Crippen LogP contribution in [0.2, 0.25) is 0 Å². The lowest BCUT2D eigenvalue weighted by Crippen LogP contribution is -2.38. The zero-order valence-corrected chi connectivity index (χ0v) is 15.1. The highest BCUT2D eigenvalue weighted by Crippen LogP contribution is 2.34. The molecule has 0 aromatic heterocycles. The van der Waals surface area contributed by atoms with Crippen LogP contribution in [-0.4, -0.2) is 34.9 Å². The predicted molar refractivity (Wildman–Crippen MR) is 92.8 cm³/mol. The molecule has 114 valence electrons. The van der Waals surface area contributed by atoms with Gasteiger partial charge in [0.1, 0.15) is 17.1 Å². The second-order valence-electron chi connectivity index (χ2n) is 4.57. The first-order valence-corrected chi connectivity index (χ1v) is 9.28. The number of hydrogen-bond donors (Lipinski definition) is 0. The van der Waals surface area contributed by atoms with Crippen molar-refractivity contribution in [1.29, 1.82) is 0 Å². The molecule has 0 fully saturated rings. The van der Waals surface area contributed by atoms with Gasteiger partial charge < -0.3 is 9.64 Å². The van der Waals surface area contributed by atoms with Crippen LogP contribution in [0.5, 0.6) is 5.75 Å². The van der Waals surface area contributed by atoms with Crippen molar-refractivity contribution in [2.24, 2.45) is 0 Å². The van der Waals surface area contributed by atoms with Crippen LogP contribution in [-0.2, 0) is 4.79 Å². The van der Waals surface area contributed by atoms with Crippen LogP contribution in [0.1, 0.15) is 18.9 Å². The fraction of sp³-hybridized carbons (Fsp3) is 0.400. The van der Waals surface area contributed by atoms with Crippen molar-refractivity contribution in [3.63, 3.8) is 0 Å². The number of ether oxygens (including phenoxy) is 1. The molecule has 21 heavy (non-hydrogen) atoms. The molecule has 6 heteroatoms. The van der Waals surface area contributed by atoms with E-state index in [0.717, 1.165) is 21.5 Å². The first-order chi connectivity index (χ1) is 10.1. The molecule has 0 aliphatic carbocycles. The number of benzene rings is 1. The zero-order valence-electron chi connectivity index (χ0n) is 11.9. The lowest BCUT2D eigenvalue weighted by molar-refractivity contribution is -0.127. The van der Waals surface area contributed by atoms with Gasteiger partial charge in [0.25, 0.3) is 0 Å². The van der Waals surface area contributed by atoms with Gasteiger partial charge in [-0.15, -0.1) is 23.4 Å². The number of amides is 1. The Hall–Kier alpha value is -0.650. The van der Waals surface area contributed by atoms with Crippen LogP contribution in [0.15, 0.2) is 28.7 Å². The molecule has 1 unspecified atom stereocenters. The second kappa shape index (κ2) is 7.56. The second-order valence-corrected chi connectivity index (χ2v) is 6.76. The van der Waals surface area contributed by atoms with E-state index in [1.807, 2.05) is 37.5 Å². The van der Waals surface area contributed by atoms with Gasteiger partial charge in [0.05, 0.1) is 0 Å². The number of thioether (sulfide) groups is 1. The summed E-state index contributed by atoms with van der Waals surface area (Å²) in [5.41, 5.74) is 1.88. The maximum Gasteiger partial charge on any atom is 0.245 e. The SMILES string of the molecule is CCN1C(=O)C(Cl)CC=C1c1ccc(OCSC)cc1Br. The quantitative estimate of drug-likeness (QED) is 0.553. The zero-order chi connectivity index (χ0) is 15.4. The van der Waals surface area contributed by atoms with E-state index in [1.54, 1.807) is 16.7 Å². The number of nitrogens with zero attached hydrogens (tertiary/aromatic N) is 1. The summed E-state index contributed by atoms with van der Waals surface area (Å²) in [6.07, 6.45) is 4.57. The van der Waals surface area contributed by atoms with Crippen LogP contribution in [0.3, 0.4) is 0 Å². The van der Waals surface area contributed by atoms with E-state index in [0.29, 0.717) is 18.9 Å². The van der Waals surface area contributed by atoms with E-state index in [2.05, 4.69) is 15.9 Å². The molecule has 1 amide bonds. The minimum Gasteiger partial charge on any atom is -0.483 e. The third kappa shape index (κ3) is 3.76. The van der Waals surface area contributed by atoms with Crippen LogP contribution in [0, 0.1) is 0 Å². The predicted octanol–water partition coefficient (Wildman–Crippen LogP) is 4.35. The van der Waals surface area contributed by atoms with E-state index in [1.165, 1.54) is 0 Å². The molecule has 1 aromatic rings. The van der Waals surface area contributed by atoms with Crippen LogP contribution < -0.4 is 4.74 Å². The van der Waals surface area contributed by atoms with Crippen LogP contribution >= 0.6 is 39.3 Å². The summed E-state index contributed by atoms with van der Waals surface area (Å²) in [4.78, 5) is 13.9. The normalized spacial score (nSPS) is 18.7. The van der Waals surface area contributed by atoms with Gasteiger partial charge in [0.15, 0.2) is 0 Å². The lowest BCUT2D eigenvalue weighted by atomic mass is 10.0. The van der Waals surface area contributed by atoms with E-state index >= 15 is 0 Å². The molecule has 1 heterocycles. The molecular weight excluding hydrogens is 374 g/mol. The Morgan fingerprint density at radius 3 is 2.90 bits per heavy atom. The fourth-order valence-corrected chi connectivity index (χ4v) is 3.24. The van der Waals surface area contributed by atoms with E-state index in [4.69, 9.17) is 16.3 Å². The Balaban J connectivity index is 2.30. The number of hydrogen-bond acceptors (Lipinski definition) is 3. The number of halogens is 2. The van der Waals surface area contributed by atoms with Gasteiger partial charge in [0.2, 0.25) is 5.91 Å². The summed E-state index contributed by atoms with van der Waals surface area (Å²) < 4.78 is 6.49. The van der Waals surface area contributed by atoms with Gasteiger partial charge >= 0.3 is 0 Å². The highest BCUT2D eigenvalue weighted by molar-refractivity contribution is 9.10. The molecule has 0 bridgehead atoms. The highest BCUT2D eigenvalue weighted by atomic mass is 79.9. The largest absolute Gasteiger partial charge is 0.483 e. The Labute approximate surface area is 142 Å². The number of carbonyl (C=O) groups excluding carboxylic acids is 1. The number of rotatable bonds is 5. The first kappa shape index (κ1) is 16.7. The first-order valence-electron chi connectivity index (χ1n) is 6.65. The summed E-state index contributed by atoms with van der Waals surface area (Å²) in [7, 11) is 0. The molecular formula is C15H17BrClNO2S. The Kier molecular flexibility index (Phi) is 6.02. The molecule has 1 aromatic carbocycles. The van der Waals surface area contributed by atoms with Gasteiger partial charge in [-0.3, -0.25) is 4.79 Å². The monoisotopic (exact) mass is 389 g/mol. The minimum atomic E-state index is -0.461. The summed E-state index contributed by atoms with van der Waals surface area (Å²) in [5.74, 6) is 1.38. The average Bonchev–Trinajstić information content (AvgIpc) is 2.48. The molecule has 2 rings (SSSR count). The molecule has 0 saturated heterocycles. The molecule has 0 radical (unpaired) electrons. The van der Waals surface area contributed by atoms with Crippen LogP contribution in [0.4, 0.5) is 0 Å². The maximum absolute atomic E-state index is 12.2. The van der Waals surface area contributed by atoms with Crippen molar-refractivity contribution in [3.8, 4) is 5.75 Å².